The molecule has 2 aromatic rings. The summed E-state index contributed by atoms with van der Waals surface area (Å²) in [6.45, 7) is 8.34. The van der Waals surface area contributed by atoms with Crippen molar-refractivity contribution in [2.45, 2.75) is 33.7 Å². The van der Waals surface area contributed by atoms with Gasteiger partial charge in [-0.1, -0.05) is 24.3 Å². The number of phenols is 1. The van der Waals surface area contributed by atoms with Gasteiger partial charge in [-0.15, -0.1) is 0 Å². The quantitative estimate of drug-likeness (QED) is 0.812. The molecule has 20 heavy (non-hydrogen) atoms. The Labute approximate surface area is 121 Å². The van der Waals surface area contributed by atoms with Crippen molar-refractivity contribution in [2.75, 3.05) is 6.54 Å². The van der Waals surface area contributed by atoms with Crippen LogP contribution in [0.3, 0.4) is 0 Å². The minimum Gasteiger partial charge on any atom is -0.508 e. The van der Waals surface area contributed by atoms with Crippen molar-refractivity contribution in [1.29, 1.82) is 0 Å². The molecular weight excluding hydrogens is 246 g/mol. The molecule has 0 fully saturated rings. The summed E-state index contributed by atoms with van der Waals surface area (Å²) in [6.07, 6.45) is 0.976. The number of rotatable bonds is 5. The fraction of sp³-hybridized carbons (Fsp3) is 0.333. The van der Waals surface area contributed by atoms with Crippen molar-refractivity contribution < 1.29 is 5.11 Å². The Kier molecular flexibility index (Phi) is 4.80. The summed E-state index contributed by atoms with van der Waals surface area (Å²) in [5, 5.41) is 12.7. The summed E-state index contributed by atoms with van der Waals surface area (Å²) in [4.78, 5) is 0. The fourth-order valence-electron chi connectivity index (χ4n) is 2.33. The molecule has 0 heterocycles. The maximum absolute atomic E-state index is 9.24. The van der Waals surface area contributed by atoms with Crippen LogP contribution in [0, 0.1) is 20.8 Å². The highest BCUT2D eigenvalue weighted by Gasteiger charge is 2.01. The molecule has 0 aliphatic carbocycles. The zero-order valence-electron chi connectivity index (χ0n) is 12.5. The van der Waals surface area contributed by atoms with Gasteiger partial charge in [0.25, 0.3) is 0 Å². The van der Waals surface area contributed by atoms with E-state index in [0.717, 1.165) is 19.5 Å². The van der Waals surface area contributed by atoms with E-state index in [1.165, 1.54) is 27.8 Å². The van der Waals surface area contributed by atoms with Crippen LogP contribution in [-0.2, 0) is 13.0 Å². The Balaban J connectivity index is 1.84. The highest BCUT2D eigenvalue weighted by Crippen LogP contribution is 2.15. The Bertz CT molecular complexity index is 573. The first-order valence-electron chi connectivity index (χ1n) is 7.11. The summed E-state index contributed by atoms with van der Waals surface area (Å²) < 4.78 is 0. The molecule has 0 saturated heterocycles. The van der Waals surface area contributed by atoms with Crippen molar-refractivity contribution in [3.05, 3.63) is 64.2 Å². The lowest BCUT2D eigenvalue weighted by atomic mass is 10.0. The third kappa shape index (κ3) is 3.84. The SMILES string of the molecule is Cc1cc(C)c(CNCCc2ccc(O)cc2)cc1C. The smallest absolute Gasteiger partial charge is 0.115 e. The number of benzene rings is 2. The molecule has 0 bridgehead atoms. The molecule has 0 saturated carbocycles. The summed E-state index contributed by atoms with van der Waals surface area (Å²) in [7, 11) is 0. The lowest BCUT2D eigenvalue weighted by Gasteiger charge is -2.11. The average molecular weight is 269 g/mol. The van der Waals surface area contributed by atoms with Gasteiger partial charge in [-0.3, -0.25) is 0 Å². The van der Waals surface area contributed by atoms with E-state index < -0.39 is 0 Å². The fourth-order valence-corrected chi connectivity index (χ4v) is 2.33. The van der Waals surface area contributed by atoms with Crippen molar-refractivity contribution in [2.24, 2.45) is 0 Å². The van der Waals surface area contributed by atoms with Crippen LogP contribution in [-0.4, -0.2) is 11.7 Å². The molecule has 106 valence electrons. The van der Waals surface area contributed by atoms with Gasteiger partial charge in [0.1, 0.15) is 5.75 Å². The number of hydrogen-bond acceptors (Lipinski definition) is 2. The van der Waals surface area contributed by atoms with Gasteiger partial charge < -0.3 is 10.4 Å². The second-order valence-electron chi connectivity index (χ2n) is 5.46. The average Bonchev–Trinajstić information content (AvgIpc) is 2.42. The van der Waals surface area contributed by atoms with E-state index >= 15 is 0 Å². The predicted molar refractivity (Wildman–Crippen MR) is 84.2 cm³/mol. The van der Waals surface area contributed by atoms with E-state index in [1.54, 1.807) is 12.1 Å². The lowest BCUT2D eigenvalue weighted by Crippen LogP contribution is -2.17. The van der Waals surface area contributed by atoms with Crippen LogP contribution < -0.4 is 5.32 Å². The van der Waals surface area contributed by atoms with Crippen molar-refractivity contribution in [1.82, 2.24) is 5.32 Å². The molecule has 0 aromatic heterocycles. The summed E-state index contributed by atoms with van der Waals surface area (Å²) in [5.41, 5.74) is 6.68. The Morgan fingerprint density at radius 2 is 1.55 bits per heavy atom. The Hall–Kier alpha value is -1.80. The Morgan fingerprint density at radius 1 is 0.900 bits per heavy atom. The van der Waals surface area contributed by atoms with Crippen molar-refractivity contribution >= 4 is 0 Å². The Morgan fingerprint density at radius 3 is 2.25 bits per heavy atom. The van der Waals surface area contributed by atoms with Crippen LogP contribution in [0.1, 0.15) is 27.8 Å². The first-order chi connectivity index (χ1) is 9.56. The van der Waals surface area contributed by atoms with Crippen molar-refractivity contribution in [3.63, 3.8) is 0 Å². The minimum atomic E-state index is 0.326. The monoisotopic (exact) mass is 269 g/mol. The third-order valence-electron chi connectivity index (χ3n) is 3.79. The van der Waals surface area contributed by atoms with Crippen LogP contribution in [0.4, 0.5) is 0 Å². The molecule has 2 aromatic carbocycles. The first-order valence-corrected chi connectivity index (χ1v) is 7.11. The standard InChI is InChI=1S/C18H23NO/c1-13-10-15(3)17(11-14(13)2)12-19-9-8-16-4-6-18(20)7-5-16/h4-7,10-11,19-20H,8-9,12H2,1-3H3. The molecule has 2 rings (SSSR count). The maximum Gasteiger partial charge on any atom is 0.115 e. The maximum atomic E-state index is 9.24. The molecule has 0 radical (unpaired) electrons. The predicted octanol–water partition coefficient (Wildman–Crippen LogP) is 3.65. The zero-order chi connectivity index (χ0) is 14.5. The molecule has 2 N–H and O–H groups in total. The van der Waals surface area contributed by atoms with Gasteiger partial charge in [0.15, 0.2) is 0 Å². The van der Waals surface area contributed by atoms with Gasteiger partial charge >= 0.3 is 0 Å². The molecule has 0 unspecified atom stereocenters. The van der Waals surface area contributed by atoms with Crippen LogP contribution in [0.5, 0.6) is 5.75 Å². The summed E-state index contributed by atoms with van der Waals surface area (Å²) >= 11 is 0. The van der Waals surface area contributed by atoms with Crippen LogP contribution in [0.25, 0.3) is 0 Å². The second kappa shape index (κ2) is 6.58. The second-order valence-corrected chi connectivity index (χ2v) is 5.46. The minimum absolute atomic E-state index is 0.326. The normalized spacial score (nSPS) is 10.8. The highest BCUT2D eigenvalue weighted by molar-refractivity contribution is 5.36. The highest BCUT2D eigenvalue weighted by atomic mass is 16.3. The molecule has 0 spiro atoms. The number of phenolic OH excluding ortho intramolecular Hbond substituents is 1. The largest absolute Gasteiger partial charge is 0.508 e. The van der Waals surface area contributed by atoms with E-state index in [0.29, 0.717) is 5.75 Å². The number of aryl methyl sites for hydroxylation is 3. The zero-order valence-corrected chi connectivity index (χ0v) is 12.5. The van der Waals surface area contributed by atoms with Gasteiger partial charge in [0.05, 0.1) is 0 Å². The van der Waals surface area contributed by atoms with E-state index in [1.807, 2.05) is 12.1 Å². The van der Waals surface area contributed by atoms with E-state index in [2.05, 4.69) is 38.2 Å². The summed E-state index contributed by atoms with van der Waals surface area (Å²) in [5.74, 6) is 0.326. The topological polar surface area (TPSA) is 32.3 Å². The molecule has 0 aliphatic heterocycles. The van der Waals surface area contributed by atoms with Crippen LogP contribution in [0.2, 0.25) is 0 Å². The number of nitrogens with one attached hydrogen (secondary N) is 1. The van der Waals surface area contributed by atoms with E-state index in [-0.39, 0.29) is 0 Å². The van der Waals surface area contributed by atoms with Gasteiger partial charge in [-0.05, 0) is 73.7 Å². The molecule has 2 nitrogen and oxygen atoms in total. The summed E-state index contributed by atoms with van der Waals surface area (Å²) in [6, 6.07) is 12.0. The lowest BCUT2D eigenvalue weighted by molar-refractivity contribution is 0.475. The van der Waals surface area contributed by atoms with E-state index in [9.17, 15) is 5.11 Å². The molecule has 2 heteroatoms. The molecule has 0 atom stereocenters. The van der Waals surface area contributed by atoms with E-state index in [4.69, 9.17) is 0 Å². The van der Waals surface area contributed by atoms with Gasteiger partial charge in [-0.25, -0.2) is 0 Å². The molecule has 0 aliphatic rings. The van der Waals surface area contributed by atoms with Crippen molar-refractivity contribution in [3.8, 4) is 5.75 Å². The number of hydrogen-bond donors (Lipinski definition) is 2. The van der Waals surface area contributed by atoms with Crippen LogP contribution in [0.15, 0.2) is 36.4 Å². The number of aromatic hydroxyl groups is 1. The molecular formula is C18H23NO. The first kappa shape index (κ1) is 14.6. The molecule has 0 amide bonds. The van der Waals surface area contributed by atoms with Crippen LogP contribution >= 0.6 is 0 Å². The van der Waals surface area contributed by atoms with Gasteiger partial charge in [-0.2, -0.15) is 0 Å². The van der Waals surface area contributed by atoms with Gasteiger partial charge in [0, 0.05) is 6.54 Å². The van der Waals surface area contributed by atoms with Gasteiger partial charge in [0.2, 0.25) is 0 Å². The third-order valence-corrected chi connectivity index (χ3v) is 3.79.